The van der Waals surface area contributed by atoms with E-state index in [9.17, 15) is 15.2 Å². The molecule has 0 aliphatic heterocycles. The fourth-order valence-corrected chi connectivity index (χ4v) is 3.30. The maximum absolute atomic E-state index is 11.4. The van der Waals surface area contributed by atoms with Gasteiger partial charge in [0.2, 0.25) is 0 Å². The molecule has 0 unspecified atom stereocenters. The molecule has 1 heterocycles. The Balaban J connectivity index is 2.17. The Labute approximate surface area is 183 Å². The van der Waals surface area contributed by atoms with Crippen molar-refractivity contribution in [2.24, 2.45) is 0 Å². The van der Waals surface area contributed by atoms with E-state index in [-0.39, 0.29) is 16.9 Å². The van der Waals surface area contributed by atoms with Crippen molar-refractivity contribution < 1.29 is 19.4 Å². The molecule has 0 bridgehead atoms. The maximum atomic E-state index is 11.4. The van der Waals surface area contributed by atoms with Crippen LogP contribution in [0.4, 0.5) is 11.5 Å². The van der Waals surface area contributed by atoms with Gasteiger partial charge in [-0.15, -0.1) is 0 Å². The highest BCUT2D eigenvalue weighted by Gasteiger charge is 2.19. The number of nitrogens with one attached hydrogen (secondary N) is 1. The number of anilines is 2. The number of nitriles is 1. The number of methoxy groups -OCH3 is 2. The number of hydrogen-bond acceptors (Lipinski definition) is 8. The summed E-state index contributed by atoms with van der Waals surface area (Å²) in [7, 11) is 3.08. The van der Waals surface area contributed by atoms with E-state index in [1.165, 1.54) is 31.0 Å². The number of thioether (sulfide) groups is 1. The Morgan fingerprint density at radius 3 is 2.48 bits per heavy atom. The molecule has 0 amide bonds. The summed E-state index contributed by atoms with van der Waals surface area (Å²) < 4.78 is 10.7. The van der Waals surface area contributed by atoms with Crippen LogP contribution in [0, 0.1) is 18.3 Å². The topological polar surface area (TPSA) is 117 Å². The van der Waals surface area contributed by atoms with E-state index in [1.807, 2.05) is 13.2 Å². The van der Waals surface area contributed by atoms with Gasteiger partial charge >= 0.3 is 5.97 Å². The van der Waals surface area contributed by atoms with Gasteiger partial charge < -0.3 is 19.9 Å². The summed E-state index contributed by atoms with van der Waals surface area (Å²) in [5.41, 5.74) is 2.80. The molecule has 0 atom stereocenters. The smallest absolute Gasteiger partial charge is 0.335 e. The SMILES string of the molecule is COc1ccc(-c2nc(SC)nc(Nc3cc(C(=O)O)ccc3C)c2C#N)cc1OC. The lowest BCUT2D eigenvalue weighted by Gasteiger charge is -2.15. The molecule has 158 valence electrons. The van der Waals surface area contributed by atoms with E-state index in [0.29, 0.717) is 33.6 Å². The monoisotopic (exact) mass is 436 g/mol. The number of ether oxygens (including phenoxy) is 2. The number of carboxylic acids is 1. The van der Waals surface area contributed by atoms with Crippen LogP contribution in [0.15, 0.2) is 41.6 Å². The summed E-state index contributed by atoms with van der Waals surface area (Å²) in [6.45, 7) is 1.84. The zero-order valence-electron chi connectivity index (χ0n) is 17.4. The number of rotatable bonds is 7. The van der Waals surface area contributed by atoms with Gasteiger partial charge in [0.1, 0.15) is 11.6 Å². The predicted molar refractivity (Wildman–Crippen MR) is 118 cm³/mol. The van der Waals surface area contributed by atoms with Crippen molar-refractivity contribution in [3.8, 4) is 28.8 Å². The second-order valence-electron chi connectivity index (χ2n) is 6.42. The van der Waals surface area contributed by atoms with E-state index in [2.05, 4.69) is 21.4 Å². The number of hydrogen-bond donors (Lipinski definition) is 2. The van der Waals surface area contributed by atoms with Crippen LogP contribution < -0.4 is 14.8 Å². The van der Waals surface area contributed by atoms with Gasteiger partial charge in [-0.2, -0.15) is 5.26 Å². The molecule has 31 heavy (non-hydrogen) atoms. The molecule has 0 saturated carbocycles. The van der Waals surface area contributed by atoms with Crippen LogP contribution in [-0.2, 0) is 0 Å². The molecule has 9 heteroatoms. The largest absolute Gasteiger partial charge is 0.493 e. The van der Waals surface area contributed by atoms with Gasteiger partial charge in [0.05, 0.1) is 25.5 Å². The van der Waals surface area contributed by atoms with Gasteiger partial charge in [0.15, 0.2) is 22.5 Å². The minimum absolute atomic E-state index is 0.130. The Morgan fingerprint density at radius 2 is 1.87 bits per heavy atom. The van der Waals surface area contributed by atoms with E-state index >= 15 is 0 Å². The molecule has 0 saturated heterocycles. The highest BCUT2D eigenvalue weighted by molar-refractivity contribution is 7.98. The quantitative estimate of drug-likeness (QED) is 0.407. The number of aromatic carboxylic acids is 1. The normalized spacial score (nSPS) is 10.3. The van der Waals surface area contributed by atoms with Crippen molar-refractivity contribution in [1.82, 2.24) is 9.97 Å². The lowest BCUT2D eigenvalue weighted by molar-refractivity contribution is 0.0697. The molecule has 0 spiro atoms. The minimum atomic E-state index is -1.04. The zero-order chi connectivity index (χ0) is 22.5. The molecule has 3 aromatic rings. The summed E-state index contributed by atoms with van der Waals surface area (Å²) in [4.78, 5) is 20.3. The first-order valence-electron chi connectivity index (χ1n) is 9.11. The predicted octanol–water partition coefficient (Wildman–Crippen LogP) is 4.50. The van der Waals surface area contributed by atoms with Crippen molar-refractivity contribution in [1.29, 1.82) is 5.26 Å². The summed E-state index contributed by atoms with van der Waals surface area (Å²) in [5.74, 6) is 0.315. The van der Waals surface area contributed by atoms with Crippen molar-refractivity contribution >= 4 is 29.2 Å². The highest BCUT2D eigenvalue weighted by atomic mass is 32.2. The Morgan fingerprint density at radius 1 is 1.13 bits per heavy atom. The Bertz CT molecular complexity index is 1190. The van der Waals surface area contributed by atoms with Crippen LogP contribution in [-0.4, -0.2) is 41.5 Å². The van der Waals surface area contributed by atoms with Gasteiger partial charge in [-0.25, -0.2) is 14.8 Å². The molecule has 3 rings (SSSR count). The number of aryl methyl sites for hydroxylation is 1. The molecule has 8 nitrogen and oxygen atoms in total. The molecular formula is C22H20N4O4S. The first-order chi connectivity index (χ1) is 14.9. The third-order valence-corrected chi connectivity index (χ3v) is 5.13. The fraction of sp³-hybridized carbons (Fsp3) is 0.182. The summed E-state index contributed by atoms with van der Waals surface area (Å²) in [6, 6.07) is 12.2. The number of carboxylic acid groups (broad SMARTS) is 1. The van der Waals surface area contributed by atoms with Crippen LogP contribution in [0.2, 0.25) is 0 Å². The second kappa shape index (κ2) is 9.36. The van der Waals surface area contributed by atoms with E-state index in [4.69, 9.17) is 9.47 Å². The van der Waals surface area contributed by atoms with Gasteiger partial charge in [-0.1, -0.05) is 17.8 Å². The highest BCUT2D eigenvalue weighted by Crippen LogP contribution is 2.36. The van der Waals surface area contributed by atoms with Gasteiger partial charge in [-0.3, -0.25) is 0 Å². The van der Waals surface area contributed by atoms with E-state index < -0.39 is 5.97 Å². The molecule has 2 N–H and O–H groups in total. The molecule has 0 aliphatic rings. The number of nitrogens with zero attached hydrogens (tertiary/aromatic N) is 3. The van der Waals surface area contributed by atoms with Crippen molar-refractivity contribution in [3.63, 3.8) is 0 Å². The lowest BCUT2D eigenvalue weighted by Crippen LogP contribution is -2.05. The van der Waals surface area contributed by atoms with Gasteiger partial charge in [0.25, 0.3) is 0 Å². The average Bonchev–Trinajstić information content (AvgIpc) is 2.79. The van der Waals surface area contributed by atoms with Crippen LogP contribution in [0.1, 0.15) is 21.5 Å². The van der Waals surface area contributed by atoms with Crippen LogP contribution >= 0.6 is 11.8 Å². The Kier molecular flexibility index (Phi) is 6.62. The third-order valence-electron chi connectivity index (χ3n) is 4.58. The molecule has 0 radical (unpaired) electrons. The van der Waals surface area contributed by atoms with Gasteiger partial charge in [0, 0.05) is 11.3 Å². The first kappa shape index (κ1) is 21.9. The number of benzene rings is 2. The Hall–Kier alpha value is -3.77. The number of aromatic nitrogens is 2. The van der Waals surface area contributed by atoms with Gasteiger partial charge in [-0.05, 0) is 49.1 Å². The summed E-state index contributed by atoms with van der Waals surface area (Å²) >= 11 is 1.33. The summed E-state index contributed by atoms with van der Waals surface area (Å²) in [6.07, 6.45) is 1.83. The standard InChI is InChI=1S/C22H20N4O4S/c1-12-5-6-14(21(27)28)9-16(12)24-20-15(11-23)19(25-22(26-20)31-4)13-7-8-17(29-2)18(10-13)30-3/h5-10H,1-4H3,(H,27,28)(H,24,25,26). The molecule has 0 fully saturated rings. The van der Waals surface area contributed by atoms with Crippen molar-refractivity contribution in [3.05, 3.63) is 53.1 Å². The van der Waals surface area contributed by atoms with Crippen LogP contribution in [0.5, 0.6) is 11.5 Å². The second-order valence-corrected chi connectivity index (χ2v) is 7.20. The third kappa shape index (κ3) is 4.54. The zero-order valence-corrected chi connectivity index (χ0v) is 18.2. The average molecular weight is 436 g/mol. The molecule has 1 aromatic heterocycles. The van der Waals surface area contributed by atoms with Crippen molar-refractivity contribution in [2.75, 3.05) is 25.8 Å². The van der Waals surface area contributed by atoms with Crippen LogP contribution in [0.25, 0.3) is 11.3 Å². The molecule has 0 aliphatic carbocycles. The minimum Gasteiger partial charge on any atom is -0.493 e. The molecule has 2 aromatic carbocycles. The van der Waals surface area contributed by atoms with Crippen molar-refractivity contribution in [2.45, 2.75) is 12.1 Å². The fourth-order valence-electron chi connectivity index (χ4n) is 2.94. The molecular weight excluding hydrogens is 416 g/mol. The van der Waals surface area contributed by atoms with E-state index in [0.717, 1.165) is 5.56 Å². The lowest BCUT2D eigenvalue weighted by atomic mass is 10.1. The number of carbonyl (C=O) groups is 1. The maximum Gasteiger partial charge on any atom is 0.335 e. The first-order valence-corrected chi connectivity index (χ1v) is 10.3. The summed E-state index contributed by atoms with van der Waals surface area (Å²) in [5, 5.41) is 22.8. The van der Waals surface area contributed by atoms with Crippen LogP contribution in [0.3, 0.4) is 0 Å². The van der Waals surface area contributed by atoms with E-state index in [1.54, 1.807) is 31.4 Å².